The van der Waals surface area contributed by atoms with E-state index >= 15 is 0 Å². The van der Waals surface area contributed by atoms with E-state index in [4.69, 9.17) is 18.9 Å². The van der Waals surface area contributed by atoms with Crippen molar-refractivity contribution < 1.29 is 23.7 Å². The summed E-state index contributed by atoms with van der Waals surface area (Å²) in [5, 5.41) is 3.64. The van der Waals surface area contributed by atoms with Crippen LogP contribution in [0.15, 0.2) is 72.8 Å². The van der Waals surface area contributed by atoms with Crippen molar-refractivity contribution >= 4 is 5.97 Å². The lowest BCUT2D eigenvalue weighted by molar-refractivity contribution is 0.0346. The maximum Gasteiger partial charge on any atom is 0.338 e. The fourth-order valence-corrected chi connectivity index (χ4v) is 3.76. The van der Waals surface area contributed by atoms with E-state index in [9.17, 15) is 4.79 Å². The summed E-state index contributed by atoms with van der Waals surface area (Å²) in [5.41, 5.74) is 1.99. The molecule has 0 radical (unpaired) electrons. The Kier molecular flexibility index (Phi) is 8.33. The van der Waals surface area contributed by atoms with E-state index in [1.807, 2.05) is 36.4 Å². The van der Waals surface area contributed by atoms with E-state index in [0.29, 0.717) is 29.4 Å². The molecule has 0 saturated heterocycles. The standard InChI is InChI=1S/C27H31NO5/c1-5-27(22-14-10-7-11-15-22,28-18-20-12-8-6-9-13-20)19-33-26(29)21-16-23(30-2)25(32-4)24(17-21)31-3/h6-17,28H,5,18-19H2,1-4H3. The Bertz CT molecular complexity index is 1010. The Labute approximate surface area is 195 Å². The normalized spacial score (nSPS) is 12.5. The van der Waals surface area contributed by atoms with Crippen LogP contribution < -0.4 is 19.5 Å². The lowest BCUT2D eigenvalue weighted by Crippen LogP contribution is -2.46. The third kappa shape index (κ3) is 5.65. The fraction of sp³-hybridized carbons (Fsp3) is 0.296. The molecule has 1 N–H and O–H groups in total. The van der Waals surface area contributed by atoms with Crippen molar-refractivity contribution in [2.45, 2.75) is 25.4 Å². The molecule has 0 spiro atoms. The lowest BCUT2D eigenvalue weighted by Gasteiger charge is -2.34. The molecule has 0 aliphatic rings. The molecule has 0 amide bonds. The molecule has 33 heavy (non-hydrogen) atoms. The van der Waals surface area contributed by atoms with Crippen LogP contribution in [0.2, 0.25) is 0 Å². The van der Waals surface area contributed by atoms with Gasteiger partial charge in [0.25, 0.3) is 0 Å². The summed E-state index contributed by atoms with van der Waals surface area (Å²) in [5.74, 6) is 0.754. The second-order valence-electron chi connectivity index (χ2n) is 7.63. The number of nitrogens with one attached hydrogen (secondary N) is 1. The first-order chi connectivity index (χ1) is 16.1. The SMILES string of the molecule is CCC(COC(=O)c1cc(OC)c(OC)c(OC)c1)(NCc1ccccc1)c1ccccc1. The molecule has 1 atom stereocenters. The van der Waals surface area contributed by atoms with Gasteiger partial charge in [-0.25, -0.2) is 4.79 Å². The van der Waals surface area contributed by atoms with Gasteiger partial charge in [0.2, 0.25) is 5.75 Å². The molecule has 0 bridgehead atoms. The highest BCUT2D eigenvalue weighted by molar-refractivity contribution is 5.91. The topological polar surface area (TPSA) is 66.0 Å². The average molecular weight is 450 g/mol. The Morgan fingerprint density at radius 3 is 1.94 bits per heavy atom. The van der Waals surface area contributed by atoms with Crippen molar-refractivity contribution in [3.63, 3.8) is 0 Å². The minimum atomic E-state index is -0.548. The molecule has 174 valence electrons. The Morgan fingerprint density at radius 2 is 1.42 bits per heavy atom. The monoisotopic (exact) mass is 449 g/mol. The van der Waals surface area contributed by atoms with Gasteiger partial charge in [-0.15, -0.1) is 0 Å². The van der Waals surface area contributed by atoms with E-state index in [-0.39, 0.29) is 6.61 Å². The molecule has 0 aromatic heterocycles. The van der Waals surface area contributed by atoms with Gasteiger partial charge in [0.05, 0.1) is 32.4 Å². The number of benzene rings is 3. The summed E-state index contributed by atoms with van der Waals surface area (Å²) < 4.78 is 21.9. The summed E-state index contributed by atoms with van der Waals surface area (Å²) in [7, 11) is 4.54. The van der Waals surface area contributed by atoms with Crippen LogP contribution in [-0.4, -0.2) is 33.9 Å². The molecular formula is C27H31NO5. The quantitative estimate of drug-likeness (QED) is 0.417. The zero-order chi connectivity index (χ0) is 23.7. The highest BCUT2D eigenvalue weighted by Gasteiger charge is 2.32. The Morgan fingerprint density at radius 1 is 0.848 bits per heavy atom. The molecule has 0 saturated carbocycles. The highest BCUT2D eigenvalue weighted by atomic mass is 16.5. The predicted octanol–water partition coefficient (Wildman–Crippen LogP) is 4.96. The summed E-state index contributed by atoms with van der Waals surface area (Å²) in [6.07, 6.45) is 0.729. The molecule has 0 aliphatic heterocycles. The first kappa shape index (κ1) is 24.1. The number of esters is 1. The van der Waals surface area contributed by atoms with Gasteiger partial charge in [-0.1, -0.05) is 67.6 Å². The smallest absolute Gasteiger partial charge is 0.338 e. The van der Waals surface area contributed by atoms with Crippen LogP contribution in [0.4, 0.5) is 0 Å². The number of ether oxygens (including phenoxy) is 4. The summed E-state index contributed by atoms with van der Waals surface area (Å²) in [6.45, 7) is 2.89. The van der Waals surface area contributed by atoms with Crippen molar-refractivity contribution in [3.05, 3.63) is 89.5 Å². The fourth-order valence-electron chi connectivity index (χ4n) is 3.76. The van der Waals surface area contributed by atoms with Crippen molar-refractivity contribution in [2.75, 3.05) is 27.9 Å². The maximum atomic E-state index is 13.0. The number of methoxy groups -OCH3 is 3. The van der Waals surface area contributed by atoms with Gasteiger partial charge < -0.3 is 24.3 Å². The van der Waals surface area contributed by atoms with E-state index in [0.717, 1.165) is 17.5 Å². The van der Waals surface area contributed by atoms with Crippen molar-refractivity contribution in [1.29, 1.82) is 0 Å². The van der Waals surface area contributed by atoms with E-state index in [1.54, 1.807) is 12.1 Å². The number of carbonyl (C=O) groups is 1. The third-order valence-electron chi connectivity index (χ3n) is 5.75. The van der Waals surface area contributed by atoms with Crippen LogP contribution in [0.1, 0.15) is 34.8 Å². The largest absolute Gasteiger partial charge is 0.493 e. The molecule has 6 nitrogen and oxygen atoms in total. The summed E-state index contributed by atoms with van der Waals surface area (Å²) in [4.78, 5) is 13.0. The van der Waals surface area contributed by atoms with E-state index in [1.165, 1.54) is 21.3 Å². The second kappa shape index (κ2) is 11.4. The molecule has 0 heterocycles. The van der Waals surface area contributed by atoms with Crippen LogP contribution in [-0.2, 0) is 16.8 Å². The molecule has 6 heteroatoms. The van der Waals surface area contributed by atoms with E-state index < -0.39 is 11.5 Å². The zero-order valence-corrected chi connectivity index (χ0v) is 19.6. The summed E-state index contributed by atoms with van der Waals surface area (Å²) in [6, 6.07) is 23.4. The van der Waals surface area contributed by atoms with Gasteiger partial charge in [-0.2, -0.15) is 0 Å². The van der Waals surface area contributed by atoms with Crippen LogP contribution in [0.25, 0.3) is 0 Å². The minimum absolute atomic E-state index is 0.163. The molecule has 3 aromatic rings. The van der Waals surface area contributed by atoms with Gasteiger partial charge >= 0.3 is 5.97 Å². The molecular weight excluding hydrogens is 418 g/mol. The number of carbonyl (C=O) groups excluding carboxylic acids is 1. The third-order valence-corrected chi connectivity index (χ3v) is 5.75. The van der Waals surface area contributed by atoms with Crippen LogP contribution in [0, 0.1) is 0 Å². The Hall–Kier alpha value is -3.51. The van der Waals surface area contributed by atoms with Crippen molar-refractivity contribution in [1.82, 2.24) is 5.32 Å². The first-order valence-electron chi connectivity index (χ1n) is 10.9. The number of rotatable bonds is 11. The van der Waals surface area contributed by atoms with Gasteiger partial charge in [-0.3, -0.25) is 0 Å². The molecule has 1 unspecified atom stereocenters. The van der Waals surface area contributed by atoms with Crippen molar-refractivity contribution in [2.24, 2.45) is 0 Å². The molecule has 3 aromatic carbocycles. The van der Waals surface area contributed by atoms with Gasteiger partial charge in [0, 0.05) is 6.54 Å². The second-order valence-corrected chi connectivity index (χ2v) is 7.63. The molecule has 3 rings (SSSR count). The minimum Gasteiger partial charge on any atom is -0.493 e. The molecule has 0 aliphatic carbocycles. The van der Waals surface area contributed by atoms with Gasteiger partial charge in [0.15, 0.2) is 11.5 Å². The lowest BCUT2D eigenvalue weighted by atomic mass is 9.87. The van der Waals surface area contributed by atoms with Crippen LogP contribution in [0.3, 0.4) is 0 Å². The van der Waals surface area contributed by atoms with E-state index in [2.05, 4.69) is 36.5 Å². The number of hydrogen-bond donors (Lipinski definition) is 1. The zero-order valence-electron chi connectivity index (χ0n) is 19.6. The Balaban J connectivity index is 1.85. The van der Waals surface area contributed by atoms with Gasteiger partial charge in [-0.05, 0) is 29.7 Å². The molecule has 0 fully saturated rings. The maximum absolute atomic E-state index is 13.0. The average Bonchev–Trinajstić information content (AvgIpc) is 2.89. The highest BCUT2D eigenvalue weighted by Crippen LogP contribution is 2.38. The number of hydrogen-bond acceptors (Lipinski definition) is 6. The summed E-state index contributed by atoms with van der Waals surface area (Å²) >= 11 is 0. The van der Waals surface area contributed by atoms with Crippen LogP contribution >= 0.6 is 0 Å². The van der Waals surface area contributed by atoms with Gasteiger partial charge in [0.1, 0.15) is 6.61 Å². The first-order valence-corrected chi connectivity index (χ1v) is 10.9. The van der Waals surface area contributed by atoms with Crippen LogP contribution in [0.5, 0.6) is 17.2 Å². The predicted molar refractivity (Wildman–Crippen MR) is 128 cm³/mol. The van der Waals surface area contributed by atoms with Crippen molar-refractivity contribution in [3.8, 4) is 17.2 Å².